The van der Waals surface area contributed by atoms with Crippen LogP contribution in [-0.2, 0) is 10.2 Å². The van der Waals surface area contributed by atoms with Crippen molar-refractivity contribution in [2.45, 2.75) is 79.7 Å². The number of halogens is 1. The van der Waals surface area contributed by atoms with Crippen LogP contribution in [0.25, 0.3) is 16.9 Å². The molecule has 1 aromatic carbocycles. The van der Waals surface area contributed by atoms with Gasteiger partial charge in [-0.3, -0.25) is 9.59 Å². The van der Waals surface area contributed by atoms with Gasteiger partial charge in [0.1, 0.15) is 17.3 Å². The molecule has 0 unspecified atom stereocenters. The Balaban J connectivity index is 0.00000133. The Morgan fingerprint density at radius 3 is 2.29 bits per heavy atom. The minimum atomic E-state index is -0.554. The summed E-state index contributed by atoms with van der Waals surface area (Å²) in [5, 5.41) is 4.65. The van der Waals surface area contributed by atoms with Gasteiger partial charge in [0, 0.05) is 36.1 Å². The highest BCUT2D eigenvalue weighted by Crippen LogP contribution is 2.31. The number of fused-ring (bicyclic) bond motifs is 1. The summed E-state index contributed by atoms with van der Waals surface area (Å²) >= 11 is 0. The standard InChI is InChI=1S/C24H27FN4O2.C2H6.CH4/c1-23(2,3)18-12-19(15-6-8-16(25)9-7-15)27-29-14-20(26-21(18)29)22(31)28-11-10-17(30)13-24(28,4)5;1-2;/h6-9,12,14H,10-11,13H2,1-5H3;1-2H3;1H4. The Morgan fingerprint density at radius 2 is 1.74 bits per heavy atom. The van der Waals surface area contributed by atoms with Crippen molar-refractivity contribution < 1.29 is 14.0 Å². The lowest BCUT2D eigenvalue weighted by atomic mass is 9.87. The number of imidazole rings is 1. The van der Waals surface area contributed by atoms with Crippen molar-refractivity contribution >= 4 is 17.3 Å². The smallest absolute Gasteiger partial charge is 0.274 e. The monoisotopic (exact) mass is 468 g/mol. The van der Waals surface area contributed by atoms with E-state index in [-0.39, 0.29) is 30.3 Å². The number of ketones is 1. The molecule has 7 heteroatoms. The molecular formula is C27H37FN4O2. The zero-order chi connectivity index (χ0) is 24.6. The van der Waals surface area contributed by atoms with E-state index in [1.165, 1.54) is 12.1 Å². The summed E-state index contributed by atoms with van der Waals surface area (Å²) < 4.78 is 15.0. The lowest BCUT2D eigenvalue weighted by Gasteiger charge is -2.41. The lowest BCUT2D eigenvalue weighted by Crippen LogP contribution is -2.53. The van der Waals surface area contributed by atoms with E-state index in [1.807, 2.05) is 33.8 Å². The average molecular weight is 469 g/mol. The van der Waals surface area contributed by atoms with E-state index in [1.54, 1.807) is 27.7 Å². The molecule has 1 amide bonds. The van der Waals surface area contributed by atoms with E-state index in [9.17, 15) is 14.0 Å². The lowest BCUT2D eigenvalue weighted by molar-refractivity contribution is -0.124. The van der Waals surface area contributed by atoms with Crippen molar-refractivity contribution in [2.24, 2.45) is 0 Å². The first-order valence-electron chi connectivity index (χ1n) is 11.5. The van der Waals surface area contributed by atoms with Gasteiger partial charge in [0.25, 0.3) is 5.91 Å². The number of hydrogen-bond acceptors (Lipinski definition) is 4. The zero-order valence-electron chi connectivity index (χ0n) is 20.6. The van der Waals surface area contributed by atoms with Gasteiger partial charge in [0.2, 0.25) is 0 Å². The molecule has 0 N–H and O–H groups in total. The zero-order valence-corrected chi connectivity index (χ0v) is 20.6. The second-order valence-electron chi connectivity index (χ2n) is 9.83. The van der Waals surface area contributed by atoms with Crippen molar-refractivity contribution in [1.82, 2.24) is 19.5 Å². The summed E-state index contributed by atoms with van der Waals surface area (Å²) in [6, 6.07) is 8.13. The Bertz CT molecular complexity index is 1170. The molecule has 0 spiro atoms. The third kappa shape index (κ3) is 5.34. The summed E-state index contributed by atoms with van der Waals surface area (Å²) in [6.45, 7) is 14.4. The first kappa shape index (κ1) is 27.2. The number of piperidine rings is 1. The quantitative estimate of drug-likeness (QED) is 0.457. The number of rotatable bonds is 2. The van der Waals surface area contributed by atoms with Gasteiger partial charge in [0.05, 0.1) is 11.9 Å². The minimum Gasteiger partial charge on any atom is -0.331 e. The van der Waals surface area contributed by atoms with E-state index in [0.29, 0.717) is 36.4 Å². The SMILES string of the molecule is C.CC.CC(C)(C)c1cc(-c2ccc(F)cc2)nn2cc(C(=O)N3CCC(=O)CC3(C)C)nc12. The van der Waals surface area contributed by atoms with Crippen LogP contribution in [0.5, 0.6) is 0 Å². The van der Waals surface area contributed by atoms with E-state index in [0.717, 1.165) is 11.1 Å². The Kier molecular flexibility index (Phi) is 8.02. The first-order chi connectivity index (χ1) is 15.5. The number of Topliss-reactive ketones (excluding diaryl/α,β-unsaturated/α-hetero) is 1. The Labute approximate surface area is 202 Å². The fourth-order valence-electron chi connectivity index (χ4n) is 4.11. The van der Waals surface area contributed by atoms with Gasteiger partial charge >= 0.3 is 0 Å². The van der Waals surface area contributed by atoms with Gasteiger partial charge in [-0.25, -0.2) is 13.9 Å². The van der Waals surface area contributed by atoms with Gasteiger partial charge in [-0.2, -0.15) is 5.10 Å². The van der Waals surface area contributed by atoms with Gasteiger partial charge in [-0.15, -0.1) is 0 Å². The normalized spacial score (nSPS) is 15.4. The van der Waals surface area contributed by atoms with Gasteiger partial charge in [-0.1, -0.05) is 42.0 Å². The van der Waals surface area contributed by atoms with E-state index in [2.05, 4.69) is 30.9 Å². The molecule has 3 heterocycles. The van der Waals surface area contributed by atoms with Crippen LogP contribution in [0.3, 0.4) is 0 Å². The Morgan fingerprint density at radius 1 is 1.12 bits per heavy atom. The molecule has 0 bridgehead atoms. The molecule has 1 aliphatic heterocycles. The van der Waals surface area contributed by atoms with Crippen LogP contribution < -0.4 is 0 Å². The van der Waals surface area contributed by atoms with Crippen LogP contribution >= 0.6 is 0 Å². The summed E-state index contributed by atoms with van der Waals surface area (Å²) in [5.41, 5.74) is 2.52. The second-order valence-corrected chi connectivity index (χ2v) is 9.83. The first-order valence-corrected chi connectivity index (χ1v) is 11.5. The molecule has 1 aliphatic rings. The summed E-state index contributed by atoms with van der Waals surface area (Å²) in [4.78, 5) is 31.6. The molecule has 0 radical (unpaired) electrons. The molecule has 1 fully saturated rings. The predicted octanol–water partition coefficient (Wildman–Crippen LogP) is 6.08. The number of carbonyl (C=O) groups excluding carboxylic acids is 2. The maximum Gasteiger partial charge on any atom is 0.274 e. The number of amides is 1. The molecule has 0 saturated carbocycles. The summed E-state index contributed by atoms with van der Waals surface area (Å²) in [6.07, 6.45) is 2.35. The molecule has 1 saturated heterocycles. The number of aromatic nitrogens is 3. The van der Waals surface area contributed by atoms with Crippen LogP contribution in [0, 0.1) is 5.82 Å². The van der Waals surface area contributed by atoms with E-state index < -0.39 is 5.54 Å². The third-order valence-corrected chi connectivity index (χ3v) is 5.81. The van der Waals surface area contributed by atoms with Crippen molar-refractivity contribution in [1.29, 1.82) is 0 Å². The Hall–Kier alpha value is -3.09. The van der Waals surface area contributed by atoms with Crippen LogP contribution in [-0.4, -0.2) is 43.3 Å². The van der Waals surface area contributed by atoms with Crippen LogP contribution in [0.4, 0.5) is 4.39 Å². The molecule has 4 rings (SSSR count). The molecule has 6 nitrogen and oxygen atoms in total. The second kappa shape index (κ2) is 10.0. The highest BCUT2D eigenvalue weighted by molar-refractivity contribution is 5.95. The fourth-order valence-corrected chi connectivity index (χ4v) is 4.11. The van der Waals surface area contributed by atoms with Crippen LogP contribution in [0.15, 0.2) is 36.5 Å². The number of likely N-dealkylation sites (tertiary alicyclic amines) is 1. The number of hydrogen-bond donors (Lipinski definition) is 0. The maximum absolute atomic E-state index is 13.4. The highest BCUT2D eigenvalue weighted by Gasteiger charge is 2.38. The highest BCUT2D eigenvalue weighted by atomic mass is 19.1. The summed E-state index contributed by atoms with van der Waals surface area (Å²) in [7, 11) is 0. The van der Waals surface area contributed by atoms with E-state index in [4.69, 9.17) is 0 Å². The van der Waals surface area contributed by atoms with Gasteiger partial charge in [0.15, 0.2) is 5.65 Å². The van der Waals surface area contributed by atoms with Crippen molar-refractivity contribution in [2.75, 3.05) is 6.54 Å². The van der Waals surface area contributed by atoms with Gasteiger partial charge < -0.3 is 4.90 Å². The fraction of sp³-hybridized carbons (Fsp3) is 0.481. The van der Waals surface area contributed by atoms with Crippen molar-refractivity contribution in [3.63, 3.8) is 0 Å². The minimum absolute atomic E-state index is 0. The van der Waals surface area contributed by atoms with Crippen LogP contribution in [0.1, 0.15) is 84.8 Å². The number of nitrogens with zero attached hydrogens (tertiary/aromatic N) is 4. The molecule has 0 aliphatic carbocycles. The van der Waals surface area contributed by atoms with Crippen LogP contribution in [0.2, 0.25) is 0 Å². The van der Waals surface area contributed by atoms with E-state index >= 15 is 0 Å². The van der Waals surface area contributed by atoms with Gasteiger partial charge in [-0.05, 0) is 49.6 Å². The number of benzene rings is 1. The molecule has 3 aromatic rings. The largest absolute Gasteiger partial charge is 0.331 e. The molecule has 34 heavy (non-hydrogen) atoms. The average Bonchev–Trinajstić information content (AvgIpc) is 3.17. The molecular weight excluding hydrogens is 431 g/mol. The predicted molar refractivity (Wildman–Crippen MR) is 135 cm³/mol. The molecule has 2 aromatic heterocycles. The van der Waals surface area contributed by atoms with Crippen molar-refractivity contribution in [3.05, 3.63) is 53.6 Å². The number of carbonyl (C=O) groups is 2. The third-order valence-electron chi connectivity index (χ3n) is 5.81. The molecule has 0 atom stereocenters. The van der Waals surface area contributed by atoms with Crippen molar-refractivity contribution in [3.8, 4) is 11.3 Å². The summed E-state index contributed by atoms with van der Waals surface area (Å²) in [5.74, 6) is -0.338. The molecule has 184 valence electrons. The topological polar surface area (TPSA) is 67.6 Å². The maximum atomic E-state index is 13.4.